The van der Waals surface area contributed by atoms with E-state index in [1.54, 1.807) is 54.9 Å². The molecule has 4 nitrogen and oxygen atoms in total. The van der Waals surface area contributed by atoms with Gasteiger partial charge in [-0.2, -0.15) is 0 Å². The zero-order valence-corrected chi connectivity index (χ0v) is 17.3. The SMILES string of the molecule is O=C(/C=C/c1cc[n+](Cc2ccccc2F)cc1)c1cc2cc(Br)ccc2oc1=O. The molecule has 0 aliphatic rings. The van der Waals surface area contributed by atoms with Gasteiger partial charge in [-0.05, 0) is 48.0 Å². The Labute approximate surface area is 180 Å². The zero-order chi connectivity index (χ0) is 21.1. The Morgan fingerprint density at radius 1 is 1.07 bits per heavy atom. The number of halogens is 2. The van der Waals surface area contributed by atoms with Crippen molar-refractivity contribution in [3.8, 4) is 0 Å². The molecule has 0 unspecified atom stereocenters. The van der Waals surface area contributed by atoms with E-state index in [-0.39, 0.29) is 11.4 Å². The van der Waals surface area contributed by atoms with E-state index in [1.807, 2.05) is 16.7 Å². The molecule has 0 fully saturated rings. The summed E-state index contributed by atoms with van der Waals surface area (Å²) >= 11 is 3.36. The van der Waals surface area contributed by atoms with Gasteiger partial charge in [0.25, 0.3) is 0 Å². The van der Waals surface area contributed by atoms with Crippen molar-refractivity contribution in [2.75, 3.05) is 0 Å². The van der Waals surface area contributed by atoms with E-state index in [4.69, 9.17) is 4.42 Å². The Hall–Kier alpha value is -3.38. The Morgan fingerprint density at radius 3 is 2.60 bits per heavy atom. The van der Waals surface area contributed by atoms with Crippen LogP contribution < -0.4 is 10.2 Å². The number of nitrogens with zero attached hydrogens (tertiary/aromatic N) is 1. The van der Waals surface area contributed by atoms with Gasteiger partial charge in [-0.25, -0.2) is 13.8 Å². The highest BCUT2D eigenvalue weighted by molar-refractivity contribution is 9.10. The third kappa shape index (κ3) is 4.44. The first-order valence-corrected chi connectivity index (χ1v) is 9.97. The number of ketones is 1. The third-order valence-corrected chi connectivity index (χ3v) is 5.11. The number of rotatable bonds is 5. The van der Waals surface area contributed by atoms with Gasteiger partial charge in [0.1, 0.15) is 17.0 Å². The average molecular weight is 465 g/mol. The summed E-state index contributed by atoms with van der Waals surface area (Å²) in [5.41, 5.74) is 1.10. The summed E-state index contributed by atoms with van der Waals surface area (Å²) in [7, 11) is 0. The molecular formula is C24H16BrFNO3+. The fourth-order valence-electron chi connectivity index (χ4n) is 3.04. The predicted octanol–water partition coefficient (Wildman–Crippen LogP) is 4.93. The van der Waals surface area contributed by atoms with Crippen LogP contribution in [0.5, 0.6) is 0 Å². The maximum atomic E-state index is 13.8. The van der Waals surface area contributed by atoms with E-state index in [0.717, 1.165) is 10.0 Å². The molecule has 0 amide bonds. The minimum Gasteiger partial charge on any atom is -0.422 e. The van der Waals surface area contributed by atoms with Gasteiger partial charge in [0.2, 0.25) is 0 Å². The lowest BCUT2D eigenvalue weighted by Crippen LogP contribution is -2.33. The summed E-state index contributed by atoms with van der Waals surface area (Å²) in [5, 5.41) is 0.662. The molecule has 0 aliphatic carbocycles. The topological polar surface area (TPSA) is 51.2 Å². The number of carbonyl (C=O) groups excluding carboxylic acids is 1. The molecule has 0 aliphatic heterocycles. The Bertz CT molecular complexity index is 1330. The number of allylic oxidation sites excluding steroid dienone is 1. The monoisotopic (exact) mass is 464 g/mol. The Morgan fingerprint density at radius 2 is 1.83 bits per heavy atom. The number of hydrogen-bond acceptors (Lipinski definition) is 3. The summed E-state index contributed by atoms with van der Waals surface area (Å²) in [4.78, 5) is 24.7. The van der Waals surface area contributed by atoms with Crippen LogP contribution >= 0.6 is 15.9 Å². The van der Waals surface area contributed by atoms with Crippen molar-refractivity contribution >= 4 is 38.8 Å². The molecule has 6 heteroatoms. The lowest BCUT2D eigenvalue weighted by molar-refractivity contribution is -0.688. The third-order valence-electron chi connectivity index (χ3n) is 4.61. The molecule has 2 aromatic heterocycles. The van der Waals surface area contributed by atoms with Gasteiger partial charge < -0.3 is 4.42 Å². The van der Waals surface area contributed by atoms with Crippen molar-refractivity contribution < 1.29 is 18.2 Å². The second kappa shape index (κ2) is 8.55. The van der Waals surface area contributed by atoms with Crippen molar-refractivity contribution in [3.63, 3.8) is 0 Å². The van der Waals surface area contributed by atoms with E-state index in [9.17, 15) is 14.0 Å². The van der Waals surface area contributed by atoms with Crippen molar-refractivity contribution in [3.05, 3.63) is 117 Å². The lowest BCUT2D eigenvalue weighted by Gasteiger charge is -2.01. The number of carbonyl (C=O) groups is 1. The Kier molecular flexibility index (Phi) is 5.68. The summed E-state index contributed by atoms with van der Waals surface area (Å²) in [6.45, 7) is 0.406. The maximum absolute atomic E-state index is 13.8. The second-order valence-corrected chi connectivity index (χ2v) is 7.64. The first-order valence-electron chi connectivity index (χ1n) is 9.18. The molecule has 2 aromatic carbocycles. The van der Waals surface area contributed by atoms with E-state index in [1.165, 1.54) is 18.2 Å². The normalized spacial score (nSPS) is 11.3. The number of pyridine rings is 1. The molecule has 0 bridgehead atoms. The summed E-state index contributed by atoms with van der Waals surface area (Å²) in [6, 6.07) is 17.0. The smallest absolute Gasteiger partial charge is 0.347 e. The van der Waals surface area contributed by atoms with Gasteiger partial charge >= 0.3 is 5.63 Å². The van der Waals surface area contributed by atoms with Gasteiger partial charge in [0.15, 0.2) is 24.7 Å². The summed E-state index contributed by atoms with van der Waals surface area (Å²) in [6.07, 6.45) is 6.57. The molecule has 0 saturated heterocycles. The van der Waals surface area contributed by atoms with Gasteiger partial charge in [0, 0.05) is 22.0 Å². The van der Waals surface area contributed by atoms with Crippen molar-refractivity contribution in [1.29, 1.82) is 0 Å². The second-order valence-electron chi connectivity index (χ2n) is 6.72. The minimum atomic E-state index is -0.671. The van der Waals surface area contributed by atoms with Crippen LogP contribution in [0.25, 0.3) is 17.0 Å². The molecular weight excluding hydrogens is 449 g/mol. The fraction of sp³-hybridized carbons (Fsp3) is 0.0417. The standard InChI is InChI=1S/C24H16BrFNO3/c25-19-6-8-23-18(13-19)14-20(24(29)30-23)22(28)7-5-16-9-11-27(12-10-16)15-17-3-1-2-4-21(17)26/h1-14H,15H2/q+1/b7-5+. The maximum Gasteiger partial charge on any atom is 0.347 e. The van der Waals surface area contributed by atoms with Crippen molar-refractivity contribution in [1.82, 2.24) is 0 Å². The summed E-state index contributed by atoms with van der Waals surface area (Å²) in [5.74, 6) is -0.686. The summed E-state index contributed by atoms with van der Waals surface area (Å²) < 4.78 is 21.7. The molecule has 0 atom stereocenters. The van der Waals surface area contributed by atoms with Gasteiger partial charge in [-0.1, -0.05) is 34.1 Å². The molecule has 0 saturated carbocycles. The predicted molar refractivity (Wildman–Crippen MR) is 116 cm³/mol. The zero-order valence-electron chi connectivity index (χ0n) is 15.7. The van der Waals surface area contributed by atoms with Gasteiger partial charge in [-0.3, -0.25) is 4.79 Å². The van der Waals surface area contributed by atoms with Crippen LogP contribution in [-0.4, -0.2) is 5.78 Å². The van der Waals surface area contributed by atoms with Crippen LogP contribution in [0.15, 0.2) is 92.8 Å². The number of hydrogen-bond donors (Lipinski definition) is 0. The van der Waals surface area contributed by atoms with Crippen LogP contribution in [0, 0.1) is 5.82 Å². The van der Waals surface area contributed by atoms with Crippen LogP contribution in [0.3, 0.4) is 0 Å². The highest BCUT2D eigenvalue weighted by Crippen LogP contribution is 2.19. The molecule has 148 valence electrons. The van der Waals surface area contributed by atoms with Crippen LogP contribution in [0.2, 0.25) is 0 Å². The molecule has 4 rings (SSSR count). The van der Waals surface area contributed by atoms with Crippen LogP contribution in [0.1, 0.15) is 21.5 Å². The van der Waals surface area contributed by atoms with E-state index in [0.29, 0.717) is 23.1 Å². The average Bonchev–Trinajstić information content (AvgIpc) is 2.74. The molecule has 0 N–H and O–H groups in total. The first kappa shape index (κ1) is 19.9. The molecule has 4 aromatic rings. The first-order chi connectivity index (χ1) is 14.5. The molecule has 2 heterocycles. The quantitative estimate of drug-likeness (QED) is 0.182. The fourth-order valence-corrected chi connectivity index (χ4v) is 3.42. The number of fused-ring (bicyclic) bond motifs is 1. The highest BCUT2D eigenvalue weighted by Gasteiger charge is 2.12. The number of aromatic nitrogens is 1. The van der Waals surface area contributed by atoms with E-state index >= 15 is 0 Å². The lowest BCUT2D eigenvalue weighted by atomic mass is 10.1. The van der Waals surface area contributed by atoms with Crippen molar-refractivity contribution in [2.45, 2.75) is 6.54 Å². The van der Waals surface area contributed by atoms with E-state index < -0.39 is 11.4 Å². The molecule has 0 radical (unpaired) electrons. The molecule has 0 spiro atoms. The minimum absolute atomic E-state index is 0.0256. The number of benzene rings is 2. The highest BCUT2D eigenvalue weighted by atomic mass is 79.9. The van der Waals surface area contributed by atoms with Crippen LogP contribution in [0.4, 0.5) is 4.39 Å². The van der Waals surface area contributed by atoms with E-state index in [2.05, 4.69) is 15.9 Å². The largest absolute Gasteiger partial charge is 0.422 e. The van der Waals surface area contributed by atoms with Gasteiger partial charge in [-0.15, -0.1) is 0 Å². The van der Waals surface area contributed by atoms with Crippen LogP contribution in [-0.2, 0) is 6.54 Å². The molecule has 30 heavy (non-hydrogen) atoms. The van der Waals surface area contributed by atoms with Crippen molar-refractivity contribution in [2.24, 2.45) is 0 Å². The van der Waals surface area contributed by atoms with Gasteiger partial charge in [0.05, 0.1) is 5.56 Å². The Balaban J connectivity index is 1.51.